The van der Waals surface area contributed by atoms with Gasteiger partial charge in [-0.2, -0.15) is 0 Å². The monoisotopic (exact) mass is 298 g/mol. The molecular formula is C15H23FN2OS. The van der Waals surface area contributed by atoms with E-state index in [-0.39, 0.29) is 17.6 Å². The third kappa shape index (κ3) is 6.91. The summed E-state index contributed by atoms with van der Waals surface area (Å²) in [5.41, 5.74) is 0. The van der Waals surface area contributed by atoms with E-state index in [0.29, 0.717) is 12.3 Å². The van der Waals surface area contributed by atoms with Crippen LogP contribution in [0.4, 0.5) is 4.39 Å². The normalized spacial score (nSPS) is 12.2. The lowest BCUT2D eigenvalue weighted by atomic mass is 10.2. The Labute approximate surface area is 124 Å². The number of nitrogens with one attached hydrogen (secondary N) is 2. The number of benzene rings is 1. The molecule has 0 spiro atoms. The minimum atomic E-state index is -0.236. The molecule has 1 aromatic rings. The molecule has 0 aromatic heterocycles. The number of carbonyl (C=O) groups is 1. The van der Waals surface area contributed by atoms with Crippen molar-refractivity contribution in [3.8, 4) is 0 Å². The van der Waals surface area contributed by atoms with Crippen LogP contribution >= 0.6 is 11.8 Å². The number of hydrogen-bond donors (Lipinski definition) is 2. The van der Waals surface area contributed by atoms with Crippen molar-refractivity contribution >= 4 is 17.7 Å². The fourth-order valence-electron chi connectivity index (χ4n) is 1.58. The number of hydrogen-bond acceptors (Lipinski definition) is 3. The summed E-state index contributed by atoms with van der Waals surface area (Å²) in [6, 6.07) is 6.34. The van der Waals surface area contributed by atoms with Crippen LogP contribution in [0.25, 0.3) is 0 Å². The van der Waals surface area contributed by atoms with E-state index >= 15 is 0 Å². The van der Waals surface area contributed by atoms with E-state index in [9.17, 15) is 9.18 Å². The number of thioether (sulfide) groups is 1. The van der Waals surface area contributed by atoms with Crippen LogP contribution < -0.4 is 10.6 Å². The van der Waals surface area contributed by atoms with Crippen molar-refractivity contribution in [1.82, 2.24) is 10.6 Å². The van der Waals surface area contributed by atoms with Gasteiger partial charge in [0.15, 0.2) is 0 Å². The van der Waals surface area contributed by atoms with Crippen molar-refractivity contribution in [2.75, 3.05) is 25.4 Å². The molecule has 112 valence electrons. The van der Waals surface area contributed by atoms with E-state index in [1.807, 2.05) is 6.92 Å². The molecule has 0 radical (unpaired) electrons. The number of carbonyl (C=O) groups excluding carboxylic acids is 1. The smallest absolute Gasteiger partial charge is 0.223 e. The fraction of sp³-hybridized carbons (Fsp3) is 0.533. The summed E-state index contributed by atoms with van der Waals surface area (Å²) >= 11 is 1.57. The zero-order chi connectivity index (χ0) is 14.8. The van der Waals surface area contributed by atoms with Gasteiger partial charge in [-0.15, -0.1) is 11.8 Å². The molecule has 0 aliphatic carbocycles. The average Bonchev–Trinajstić information content (AvgIpc) is 2.46. The highest BCUT2D eigenvalue weighted by Gasteiger charge is 2.12. The van der Waals surface area contributed by atoms with Crippen LogP contribution in [-0.4, -0.2) is 31.3 Å². The highest BCUT2D eigenvalue weighted by atomic mass is 32.2. The van der Waals surface area contributed by atoms with Crippen LogP contribution in [0.1, 0.15) is 20.3 Å². The SMILES string of the molecule is CCCNCCNC(=O)C(C)CSc1ccc(F)cc1. The molecule has 0 aliphatic heterocycles. The molecule has 20 heavy (non-hydrogen) atoms. The van der Waals surface area contributed by atoms with E-state index in [4.69, 9.17) is 0 Å². The van der Waals surface area contributed by atoms with Gasteiger partial charge in [0.05, 0.1) is 0 Å². The largest absolute Gasteiger partial charge is 0.355 e. The van der Waals surface area contributed by atoms with E-state index in [1.165, 1.54) is 12.1 Å². The number of amides is 1. The Kier molecular flexibility index (Phi) is 8.30. The average molecular weight is 298 g/mol. The third-order valence-electron chi connectivity index (χ3n) is 2.79. The lowest BCUT2D eigenvalue weighted by Crippen LogP contribution is -2.35. The van der Waals surface area contributed by atoms with Crippen LogP contribution in [0.2, 0.25) is 0 Å². The second-order valence-corrected chi connectivity index (χ2v) is 5.80. The summed E-state index contributed by atoms with van der Waals surface area (Å²) in [6.07, 6.45) is 1.10. The topological polar surface area (TPSA) is 41.1 Å². The summed E-state index contributed by atoms with van der Waals surface area (Å²) in [5, 5.41) is 6.15. The van der Waals surface area contributed by atoms with Gasteiger partial charge in [0.2, 0.25) is 5.91 Å². The van der Waals surface area contributed by atoms with Crippen LogP contribution in [0, 0.1) is 11.7 Å². The first-order valence-corrected chi connectivity index (χ1v) is 7.98. The van der Waals surface area contributed by atoms with Gasteiger partial charge in [0.1, 0.15) is 5.82 Å². The molecule has 1 rings (SSSR count). The summed E-state index contributed by atoms with van der Waals surface area (Å²) in [4.78, 5) is 12.8. The van der Waals surface area contributed by atoms with Gasteiger partial charge >= 0.3 is 0 Å². The molecule has 2 N–H and O–H groups in total. The second-order valence-electron chi connectivity index (χ2n) is 4.71. The third-order valence-corrected chi connectivity index (χ3v) is 4.06. The van der Waals surface area contributed by atoms with Gasteiger partial charge in [-0.1, -0.05) is 13.8 Å². The molecule has 1 atom stereocenters. The van der Waals surface area contributed by atoms with Crippen molar-refractivity contribution in [3.63, 3.8) is 0 Å². The second kappa shape index (κ2) is 9.77. The highest BCUT2D eigenvalue weighted by Crippen LogP contribution is 2.20. The predicted octanol–water partition coefficient (Wildman–Crippen LogP) is 2.67. The fourth-order valence-corrected chi connectivity index (χ4v) is 2.50. The van der Waals surface area contributed by atoms with Crippen molar-refractivity contribution in [2.24, 2.45) is 5.92 Å². The lowest BCUT2D eigenvalue weighted by molar-refractivity contribution is -0.123. The Balaban J connectivity index is 2.19. The summed E-state index contributed by atoms with van der Waals surface area (Å²) in [5.74, 6) is 0.466. The van der Waals surface area contributed by atoms with Crippen LogP contribution in [0.3, 0.4) is 0 Å². The Bertz CT molecular complexity index is 397. The van der Waals surface area contributed by atoms with Crippen molar-refractivity contribution in [3.05, 3.63) is 30.1 Å². The lowest BCUT2D eigenvalue weighted by Gasteiger charge is -2.12. The van der Waals surface area contributed by atoms with Gasteiger partial charge in [-0.3, -0.25) is 4.79 Å². The standard InChI is InChI=1S/C15H23FN2OS/c1-3-8-17-9-10-18-15(19)12(2)11-20-14-6-4-13(16)5-7-14/h4-7,12,17H,3,8-11H2,1-2H3,(H,18,19). The maximum absolute atomic E-state index is 12.8. The Morgan fingerprint density at radius 2 is 1.95 bits per heavy atom. The van der Waals surface area contributed by atoms with Gasteiger partial charge in [-0.25, -0.2) is 4.39 Å². The van der Waals surface area contributed by atoms with Gasteiger partial charge < -0.3 is 10.6 Å². The Morgan fingerprint density at radius 1 is 1.25 bits per heavy atom. The molecule has 1 aromatic carbocycles. The van der Waals surface area contributed by atoms with Gasteiger partial charge in [0.25, 0.3) is 0 Å². The summed E-state index contributed by atoms with van der Waals surface area (Å²) in [6.45, 7) is 6.46. The molecule has 3 nitrogen and oxygen atoms in total. The first-order valence-electron chi connectivity index (χ1n) is 7.00. The van der Waals surface area contributed by atoms with E-state index in [1.54, 1.807) is 23.9 Å². The Morgan fingerprint density at radius 3 is 2.60 bits per heavy atom. The first-order chi connectivity index (χ1) is 9.63. The molecule has 0 heterocycles. The molecule has 0 saturated heterocycles. The molecule has 5 heteroatoms. The van der Waals surface area contributed by atoms with Crippen molar-refractivity contribution in [2.45, 2.75) is 25.2 Å². The maximum atomic E-state index is 12.8. The molecule has 0 bridgehead atoms. The number of halogens is 1. The van der Waals surface area contributed by atoms with E-state index in [2.05, 4.69) is 17.6 Å². The molecule has 1 unspecified atom stereocenters. The maximum Gasteiger partial charge on any atom is 0.223 e. The van der Waals surface area contributed by atoms with E-state index in [0.717, 1.165) is 24.4 Å². The van der Waals surface area contributed by atoms with Crippen molar-refractivity contribution in [1.29, 1.82) is 0 Å². The zero-order valence-corrected chi connectivity index (χ0v) is 12.9. The van der Waals surface area contributed by atoms with Crippen LogP contribution in [0.5, 0.6) is 0 Å². The van der Waals surface area contributed by atoms with Crippen LogP contribution in [0.15, 0.2) is 29.2 Å². The zero-order valence-electron chi connectivity index (χ0n) is 12.1. The Hall–Kier alpha value is -1.07. The minimum Gasteiger partial charge on any atom is -0.355 e. The van der Waals surface area contributed by atoms with Crippen LogP contribution in [-0.2, 0) is 4.79 Å². The molecular weight excluding hydrogens is 275 g/mol. The van der Waals surface area contributed by atoms with Crippen molar-refractivity contribution < 1.29 is 9.18 Å². The molecule has 1 amide bonds. The summed E-state index contributed by atoms with van der Waals surface area (Å²) in [7, 11) is 0. The first kappa shape index (κ1) is 17.0. The summed E-state index contributed by atoms with van der Waals surface area (Å²) < 4.78 is 12.8. The molecule has 0 saturated carbocycles. The van der Waals surface area contributed by atoms with Gasteiger partial charge in [-0.05, 0) is 37.2 Å². The molecule has 0 aliphatic rings. The number of rotatable bonds is 9. The van der Waals surface area contributed by atoms with E-state index < -0.39 is 0 Å². The highest BCUT2D eigenvalue weighted by molar-refractivity contribution is 7.99. The van der Waals surface area contributed by atoms with Gasteiger partial charge in [0, 0.05) is 29.7 Å². The predicted molar refractivity (Wildman–Crippen MR) is 82.5 cm³/mol. The quantitative estimate of drug-likeness (QED) is 0.544. The molecule has 0 fully saturated rings. The minimum absolute atomic E-state index is 0.0590.